The van der Waals surface area contributed by atoms with Crippen LogP contribution in [0.2, 0.25) is 0 Å². The number of rotatable bonds is 6. The summed E-state index contributed by atoms with van der Waals surface area (Å²) in [6.45, 7) is 0.128. The van der Waals surface area contributed by atoms with E-state index in [4.69, 9.17) is 18.0 Å². The van der Waals surface area contributed by atoms with Crippen molar-refractivity contribution in [3.05, 3.63) is 29.8 Å². The van der Waals surface area contributed by atoms with Crippen LogP contribution in [-0.2, 0) is 20.8 Å². The van der Waals surface area contributed by atoms with E-state index in [1.165, 1.54) is 18.4 Å². The van der Waals surface area contributed by atoms with Crippen LogP contribution in [0.1, 0.15) is 5.56 Å². The van der Waals surface area contributed by atoms with E-state index in [0.717, 1.165) is 0 Å². The number of hydrogen-bond donors (Lipinski definition) is 2. The van der Waals surface area contributed by atoms with Gasteiger partial charge in [0.05, 0.1) is 4.90 Å². The van der Waals surface area contributed by atoms with E-state index in [0.29, 0.717) is 5.56 Å². The van der Waals surface area contributed by atoms with Gasteiger partial charge in [-0.2, -0.15) is 0 Å². The molecule has 8 heteroatoms. The van der Waals surface area contributed by atoms with E-state index < -0.39 is 20.8 Å². The summed E-state index contributed by atoms with van der Waals surface area (Å²) in [5, 5.41) is 0. The lowest BCUT2D eigenvalue weighted by Crippen LogP contribution is -2.28. The second-order valence-corrected chi connectivity index (χ2v) is 7.33. The van der Waals surface area contributed by atoms with E-state index in [-0.39, 0.29) is 22.2 Å². The summed E-state index contributed by atoms with van der Waals surface area (Å²) in [4.78, 5) is 0.233. The van der Waals surface area contributed by atoms with Crippen LogP contribution >= 0.6 is 12.2 Å². The van der Waals surface area contributed by atoms with Crippen LogP contribution in [0.4, 0.5) is 0 Å². The Kier molecular flexibility index (Phi) is 5.39. The zero-order valence-corrected chi connectivity index (χ0v) is 12.2. The van der Waals surface area contributed by atoms with E-state index in [1.54, 1.807) is 12.1 Å². The fourth-order valence-corrected chi connectivity index (χ4v) is 2.94. The molecular weight excluding hydrogens is 292 g/mol. The molecule has 1 aromatic rings. The third-order valence-corrected chi connectivity index (χ3v) is 4.58. The summed E-state index contributed by atoms with van der Waals surface area (Å²) in [6, 6.07) is 6.07. The van der Waals surface area contributed by atoms with Crippen molar-refractivity contribution in [1.29, 1.82) is 0 Å². The maximum Gasteiger partial charge on any atom is 0.240 e. The van der Waals surface area contributed by atoms with Crippen LogP contribution < -0.4 is 10.5 Å². The molecule has 0 saturated carbocycles. The minimum Gasteiger partial charge on any atom is -0.389 e. The molecule has 0 aliphatic heterocycles. The molecule has 100 valence electrons. The van der Waals surface area contributed by atoms with Gasteiger partial charge in [0.2, 0.25) is 10.0 Å². The third-order valence-electron chi connectivity index (χ3n) is 2.11. The summed E-state index contributed by atoms with van der Waals surface area (Å²) in [5.74, 6) is 0.272. The Balaban J connectivity index is 2.88. The van der Waals surface area contributed by atoms with Gasteiger partial charge in [0.15, 0.2) is 0 Å². The van der Waals surface area contributed by atoms with Gasteiger partial charge in [-0.3, -0.25) is 4.21 Å². The Morgan fingerprint density at radius 2 is 2.17 bits per heavy atom. The minimum absolute atomic E-state index is 0.0923. The molecule has 1 atom stereocenters. The normalized spacial score (nSPS) is 13.2. The predicted molar refractivity (Wildman–Crippen MR) is 76.5 cm³/mol. The second-order valence-electron chi connectivity index (χ2n) is 3.57. The molecule has 0 aromatic heterocycles. The van der Waals surface area contributed by atoms with Crippen LogP contribution in [0.25, 0.3) is 0 Å². The molecule has 1 rings (SSSR count). The second kappa shape index (κ2) is 6.37. The van der Waals surface area contributed by atoms with E-state index in [9.17, 15) is 12.6 Å². The van der Waals surface area contributed by atoms with Crippen molar-refractivity contribution in [2.75, 3.05) is 18.6 Å². The van der Waals surface area contributed by atoms with Crippen molar-refractivity contribution in [2.24, 2.45) is 5.73 Å². The fraction of sp³-hybridized carbons (Fsp3) is 0.300. The molecule has 18 heavy (non-hydrogen) atoms. The first-order chi connectivity index (χ1) is 8.33. The first kappa shape index (κ1) is 15.2. The summed E-state index contributed by atoms with van der Waals surface area (Å²) in [6.07, 6.45) is 1.52. The summed E-state index contributed by atoms with van der Waals surface area (Å²) >= 11 is 4.79. The lowest BCUT2D eigenvalue weighted by atomic mass is 10.2. The van der Waals surface area contributed by atoms with Crippen molar-refractivity contribution in [2.45, 2.75) is 4.90 Å². The van der Waals surface area contributed by atoms with Crippen LogP contribution in [0, 0.1) is 0 Å². The SMILES string of the molecule is CS(=O)CCNS(=O)(=O)c1cccc(C(N)=S)c1. The van der Waals surface area contributed by atoms with Crippen molar-refractivity contribution in [3.8, 4) is 0 Å². The highest BCUT2D eigenvalue weighted by Gasteiger charge is 2.14. The Morgan fingerprint density at radius 1 is 1.50 bits per heavy atom. The maximum atomic E-state index is 11.9. The number of benzene rings is 1. The van der Waals surface area contributed by atoms with Crippen LogP contribution in [0.15, 0.2) is 29.2 Å². The zero-order chi connectivity index (χ0) is 13.8. The number of nitrogens with one attached hydrogen (secondary N) is 1. The number of nitrogens with two attached hydrogens (primary N) is 1. The molecule has 5 nitrogen and oxygen atoms in total. The van der Waals surface area contributed by atoms with Gasteiger partial charge in [0.25, 0.3) is 0 Å². The van der Waals surface area contributed by atoms with Gasteiger partial charge in [-0.25, -0.2) is 13.1 Å². The molecule has 0 amide bonds. The lowest BCUT2D eigenvalue weighted by Gasteiger charge is -2.07. The molecule has 3 N–H and O–H groups in total. The molecule has 0 aliphatic carbocycles. The Labute approximate surface area is 114 Å². The summed E-state index contributed by atoms with van der Waals surface area (Å²) in [5.41, 5.74) is 5.93. The lowest BCUT2D eigenvalue weighted by molar-refractivity contribution is 0.584. The summed E-state index contributed by atoms with van der Waals surface area (Å²) < 4.78 is 37.0. The topological polar surface area (TPSA) is 89.3 Å². The Hall–Kier alpha value is -0.830. The molecule has 0 bridgehead atoms. The van der Waals surface area contributed by atoms with Gasteiger partial charge in [-0.05, 0) is 12.1 Å². The zero-order valence-electron chi connectivity index (χ0n) is 9.75. The Morgan fingerprint density at radius 3 is 2.72 bits per heavy atom. The van der Waals surface area contributed by atoms with Crippen molar-refractivity contribution >= 4 is 38.0 Å². The average molecular weight is 306 g/mol. The molecule has 0 heterocycles. The van der Waals surface area contributed by atoms with Crippen molar-refractivity contribution in [3.63, 3.8) is 0 Å². The molecule has 0 saturated heterocycles. The largest absolute Gasteiger partial charge is 0.389 e. The highest BCUT2D eigenvalue weighted by atomic mass is 32.2. The van der Waals surface area contributed by atoms with Gasteiger partial charge in [0, 0.05) is 34.9 Å². The molecule has 1 aromatic carbocycles. The maximum absolute atomic E-state index is 11.9. The van der Waals surface area contributed by atoms with Crippen LogP contribution in [-0.4, -0.2) is 36.2 Å². The quantitative estimate of drug-likeness (QED) is 0.721. The molecular formula is C10H14N2O3S3. The van der Waals surface area contributed by atoms with Gasteiger partial charge in [0.1, 0.15) is 4.99 Å². The van der Waals surface area contributed by atoms with Crippen molar-refractivity contribution < 1.29 is 12.6 Å². The van der Waals surface area contributed by atoms with E-state index >= 15 is 0 Å². The number of sulfonamides is 1. The molecule has 0 aliphatic rings. The minimum atomic E-state index is -3.61. The van der Waals surface area contributed by atoms with Gasteiger partial charge < -0.3 is 5.73 Å². The fourth-order valence-electron chi connectivity index (χ4n) is 1.22. The number of hydrogen-bond acceptors (Lipinski definition) is 4. The monoisotopic (exact) mass is 306 g/mol. The number of thiocarbonyl (C=S) groups is 1. The highest BCUT2D eigenvalue weighted by Crippen LogP contribution is 2.11. The smallest absolute Gasteiger partial charge is 0.240 e. The third kappa shape index (κ3) is 4.45. The van der Waals surface area contributed by atoms with Gasteiger partial charge >= 0.3 is 0 Å². The summed E-state index contributed by atoms with van der Waals surface area (Å²) in [7, 11) is -4.65. The van der Waals surface area contributed by atoms with E-state index in [2.05, 4.69) is 4.72 Å². The molecule has 0 radical (unpaired) electrons. The van der Waals surface area contributed by atoms with E-state index in [1.807, 2.05) is 0 Å². The van der Waals surface area contributed by atoms with Gasteiger partial charge in [-0.1, -0.05) is 24.4 Å². The standard InChI is InChI=1S/C10H14N2O3S3/c1-17(13)6-5-12-18(14,15)9-4-2-3-8(7-9)10(11)16/h2-4,7,12H,5-6H2,1H3,(H2,11,16). The van der Waals surface area contributed by atoms with Gasteiger partial charge in [-0.15, -0.1) is 0 Å². The predicted octanol–water partition coefficient (Wildman–Crippen LogP) is -0.0224. The first-order valence-electron chi connectivity index (χ1n) is 5.02. The average Bonchev–Trinajstić information content (AvgIpc) is 2.28. The molecule has 1 unspecified atom stereocenters. The molecule has 0 spiro atoms. The molecule has 0 fully saturated rings. The highest BCUT2D eigenvalue weighted by molar-refractivity contribution is 7.89. The van der Waals surface area contributed by atoms with Crippen LogP contribution in [0.5, 0.6) is 0 Å². The Bertz CT molecular complexity index is 569. The first-order valence-corrected chi connectivity index (χ1v) is 8.64. The van der Waals surface area contributed by atoms with Crippen LogP contribution in [0.3, 0.4) is 0 Å². The van der Waals surface area contributed by atoms with Crippen molar-refractivity contribution in [1.82, 2.24) is 4.72 Å².